The van der Waals surface area contributed by atoms with Gasteiger partial charge in [-0.3, -0.25) is 14.5 Å². The number of fused-ring (bicyclic) bond motifs is 2. The molecule has 9 heteroatoms. The third kappa shape index (κ3) is 3.36. The topological polar surface area (TPSA) is 98.1 Å². The van der Waals surface area contributed by atoms with Crippen molar-refractivity contribution in [3.8, 4) is 11.5 Å². The monoisotopic (exact) mass is 454 g/mol. The average Bonchev–Trinajstić information content (AvgIpc) is 3.16. The van der Waals surface area contributed by atoms with Crippen molar-refractivity contribution in [3.05, 3.63) is 58.8 Å². The fraction of sp³-hybridized carbons (Fsp3) is 0.261. The number of rotatable bonds is 4. The summed E-state index contributed by atoms with van der Waals surface area (Å²) >= 11 is 5.98. The molecule has 164 valence electrons. The quantitative estimate of drug-likeness (QED) is 0.474. The Kier molecular flexibility index (Phi) is 4.82. The molecule has 1 saturated heterocycles. The van der Waals surface area contributed by atoms with E-state index in [1.54, 1.807) is 49.4 Å². The summed E-state index contributed by atoms with van der Waals surface area (Å²) in [5, 5.41) is 3.87. The molecule has 3 heterocycles. The number of Topliss-reactive ketones (excluding diaryl/α,β-unsaturated/α-hetero) is 1. The first-order chi connectivity index (χ1) is 15.3. The number of hydrogen-bond acceptors (Lipinski definition) is 6. The predicted molar refractivity (Wildman–Crippen MR) is 115 cm³/mol. The molecule has 32 heavy (non-hydrogen) atoms. The lowest BCUT2D eigenvalue weighted by molar-refractivity contribution is -0.130. The second kappa shape index (κ2) is 7.56. The summed E-state index contributed by atoms with van der Waals surface area (Å²) in [4.78, 5) is 39.5. The van der Waals surface area contributed by atoms with Gasteiger partial charge in [0.05, 0.1) is 19.8 Å². The number of nitrogens with one attached hydrogen (secondary N) is 1. The molecule has 1 aromatic heterocycles. The van der Waals surface area contributed by atoms with Crippen LogP contribution in [0.15, 0.2) is 46.9 Å². The lowest BCUT2D eigenvalue weighted by Crippen LogP contribution is -2.41. The number of ketones is 1. The molecule has 0 radical (unpaired) electrons. The molecule has 3 aromatic rings. The van der Waals surface area contributed by atoms with Crippen LogP contribution in [-0.2, 0) is 10.3 Å². The number of hydrogen-bond donors (Lipinski definition) is 1. The number of carbonyl (C=O) groups excluding carboxylic acids is 3. The number of imide groups is 1. The van der Waals surface area contributed by atoms with Crippen LogP contribution in [0.5, 0.6) is 11.5 Å². The van der Waals surface area contributed by atoms with E-state index in [2.05, 4.69) is 5.32 Å². The minimum atomic E-state index is -1.34. The van der Waals surface area contributed by atoms with E-state index in [1.807, 2.05) is 0 Å². The molecular weight excluding hydrogens is 436 g/mol. The summed E-state index contributed by atoms with van der Waals surface area (Å²) in [7, 11) is 0. The minimum absolute atomic E-state index is 0.0482. The highest BCUT2D eigenvalue weighted by atomic mass is 35.5. The molecule has 0 unspecified atom stereocenters. The number of furan rings is 1. The van der Waals surface area contributed by atoms with Crippen LogP contribution in [0.3, 0.4) is 0 Å². The van der Waals surface area contributed by atoms with Gasteiger partial charge < -0.3 is 19.2 Å². The van der Waals surface area contributed by atoms with E-state index in [9.17, 15) is 14.4 Å². The Bertz CT molecular complexity index is 1270. The van der Waals surface area contributed by atoms with Gasteiger partial charge in [-0.1, -0.05) is 17.7 Å². The Labute approximate surface area is 188 Å². The van der Waals surface area contributed by atoms with Gasteiger partial charge in [0.1, 0.15) is 11.1 Å². The molecule has 2 aliphatic rings. The summed E-state index contributed by atoms with van der Waals surface area (Å²) in [6, 6.07) is 11.0. The fourth-order valence-electron chi connectivity index (χ4n) is 3.88. The van der Waals surface area contributed by atoms with Gasteiger partial charge in [0, 0.05) is 16.8 Å². The van der Waals surface area contributed by atoms with E-state index in [-0.39, 0.29) is 5.76 Å². The highest BCUT2D eigenvalue weighted by molar-refractivity contribution is 6.31. The molecule has 2 aliphatic heterocycles. The van der Waals surface area contributed by atoms with Crippen molar-refractivity contribution >= 4 is 40.3 Å². The molecule has 0 bridgehead atoms. The highest BCUT2D eigenvalue weighted by Gasteiger charge is 2.50. The molecular formula is C23H19ClN2O6. The van der Waals surface area contributed by atoms with E-state index < -0.39 is 29.8 Å². The van der Waals surface area contributed by atoms with Crippen molar-refractivity contribution in [3.63, 3.8) is 0 Å². The summed E-state index contributed by atoms with van der Waals surface area (Å²) in [6.07, 6.45) is 0.751. The van der Waals surface area contributed by atoms with E-state index >= 15 is 0 Å². The van der Waals surface area contributed by atoms with Gasteiger partial charge in [-0.15, -0.1) is 0 Å². The number of carbonyl (C=O) groups is 3. The number of halogens is 1. The van der Waals surface area contributed by atoms with Crippen molar-refractivity contribution in [1.29, 1.82) is 0 Å². The van der Waals surface area contributed by atoms with Crippen molar-refractivity contribution in [2.45, 2.75) is 18.9 Å². The van der Waals surface area contributed by atoms with Gasteiger partial charge in [0.2, 0.25) is 5.78 Å². The van der Waals surface area contributed by atoms with E-state index in [4.69, 9.17) is 25.5 Å². The van der Waals surface area contributed by atoms with Crippen LogP contribution in [-0.4, -0.2) is 42.4 Å². The summed E-state index contributed by atoms with van der Waals surface area (Å²) in [5.74, 6) is 0.114. The van der Waals surface area contributed by atoms with Crippen LogP contribution < -0.4 is 14.8 Å². The molecule has 0 aliphatic carbocycles. The minimum Gasteiger partial charge on any atom is -0.490 e. The standard InChI is InChI=1S/C23H19ClN2O6/c1-23(14-3-5-18-20(11-14)31-8-2-7-30-18)21(28)26(22(29)25-23)12-16(27)19-10-13-9-15(24)4-6-17(13)32-19/h3-6,9-11H,2,7-8,12H2,1H3,(H,25,29)/t23-/m0/s1. The van der Waals surface area contributed by atoms with Crippen molar-refractivity contribution in [2.24, 2.45) is 0 Å². The zero-order chi connectivity index (χ0) is 22.5. The van der Waals surface area contributed by atoms with Crippen LogP contribution >= 0.6 is 11.6 Å². The van der Waals surface area contributed by atoms with Gasteiger partial charge in [-0.25, -0.2) is 4.79 Å². The number of amides is 3. The largest absolute Gasteiger partial charge is 0.490 e. The molecule has 0 spiro atoms. The Morgan fingerprint density at radius 2 is 1.88 bits per heavy atom. The zero-order valence-electron chi connectivity index (χ0n) is 17.1. The summed E-state index contributed by atoms with van der Waals surface area (Å²) < 4.78 is 16.9. The van der Waals surface area contributed by atoms with Crippen LogP contribution in [0, 0.1) is 0 Å². The van der Waals surface area contributed by atoms with Crippen LogP contribution in [0.25, 0.3) is 11.0 Å². The molecule has 1 N–H and O–H groups in total. The molecule has 5 rings (SSSR count). The number of ether oxygens (including phenoxy) is 2. The lowest BCUT2D eigenvalue weighted by atomic mass is 9.91. The van der Waals surface area contributed by atoms with Gasteiger partial charge in [-0.05, 0) is 48.9 Å². The third-order valence-electron chi connectivity index (χ3n) is 5.65. The average molecular weight is 455 g/mol. The fourth-order valence-corrected chi connectivity index (χ4v) is 4.06. The summed E-state index contributed by atoms with van der Waals surface area (Å²) in [6.45, 7) is 2.19. The predicted octanol–water partition coefficient (Wildman–Crippen LogP) is 3.90. The maximum atomic E-state index is 13.2. The highest BCUT2D eigenvalue weighted by Crippen LogP contribution is 2.36. The summed E-state index contributed by atoms with van der Waals surface area (Å²) in [5.41, 5.74) is -0.316. The van der Waals surface area contributed by atoms with Gasteiger partial charge in [-0.2, -0.15) is 0 Å². The molecule has 3 amide bonds. The Morgan fingerprint density at radius 3 is 2.69 bits per heavy atom. The zero-order valence-corrected chi connectivity index (χ0v) is 17.9. The lowest BCUT2D eigenvalue weighted by Gasteiger charge is -2.23. The second-order valence-electron chi connectivity index (χ2n) is 7.87. The first kappa shape index (κ1) is 20.4. The number of benzene rings is 2. The SMILES string of the molecule is C[C@@]1(c2ccc3c(c2)OCCCO3)NC(=O)N(CC(=O)c2cc3cc(Cl)ccc3o2)C1=O. The Morgan fingerprint density at radius 1 is 1.09 bits per heavy atom. The first-order valence-electron chi connectivity index (χ1n) is 10.1. The molecule has 1 fully saturated rings. The van der Waals surface area contributed by atoms with Crippen LogP contribution in [0.2, 0.25) is 5.02 Å². The van der Waals surface area contributed by atoms with Gasteiger partial charge in [0.15, 0.2) is 17.3 Å². The van der Waals surface area contributed by atoms with Crippen LogP contribution in [0.4, 0.5) is 4.79 Å². The maximum Gasteiger partial charge on any atom is 0.325 e. The molecule has 8 nitrogen and oxygen atoms in total. The van der Waals surface area contributed by atoms with E-state index in [0.29, 0.717) is 46.3 Å². The van der Waals surface area contributed by atoms with Gasteiger partial charge in [0.25, 0.3) is 5.91 Å². The maximum absolute atomic E-state index is 13.2. The first-order valence-corrected chi connectivity index (χ1v) is 10.5. The third-order valence-corrected chi connectivity index (χ3v) is 5.89. The van der Waals surface area contributed by atoms with E-state index in [0.717, 1.165) is 11.3 Å². The van der Waals surface area contributed by atoms with E-state index in [1.165, 1.54) is 0 Å². The number of nitrogens with zero attached hydrogens (tertiary/aromatic N) is 1. The van der Waals surface area contributed by atoms with Crippen molar-refractivity contribution in [2.75, 3.05) is 19.8 Å². The Hall–Kier alpha value is -3.52. The van der Waals surface area contributed by atoms with Crippen molar-refractivity contribution in [1.82, 2.24) is 10.2 Å². The molecule has 0 saturated carbocycles. The Balaban J connectivity index is 1.39. The normalized spacial score (nSPS) is 20.4. The molecule has 1 atom stereocenters. The van der Waals surface area contributed by atoms with Gasteiger partial charge >= 0.3 is 6.03 Å². The van der Waals surface area contributed by atoms with Crippen molar-refractivity contribution < 1.29 is 28.3 Å². The number of urea groups is 1. The second-order valence-corrected chi connectivity index (χ2v) is 8.31. The smallest absolute Gasteiger partial charge is 0.325 e. The molecule has 2 aromatic carbocycles. The van der Waals surface area contributed by atoms with Crippen LogP contribution in [0.1, 0.15) is 29.5 Å².